The van der Waals surface area contributed by atoms with Crippen LogP contribution in [0.5, 0.6) is 0 Å². The van der Waals surface area contributed by atoms with Crippen molar-refractivity contribution in [2.24, 2.45) is 0 Å². The Morgan fingerprint density at radius 2 is 2.00 bits per heavy atom. The SMILES string of the molecule is C=C(F)C(=O)OCC1CC(F)(F)C(C)(C(F)(F)F)O1. The highest BCUT2D eigenvalue weighted by Crippen LogP contribution is 2.52. The molecule has 19 heavy (non-hydrogen) atoms. The number of ether oxygens (including phenoxy) is 2. The topological polar surface area (TPSA) is 35.5 Å². The molecule has 1 saturated heterocycles. The number of esters is 1. The van der Waals surface area contributed by atoms with Crippen molar-refractivity contribution in [3.8, 4) is 0 Å². The van der Waals surface area contributed by atoms with Gasteiger partial charge >= 0.3 is 12.1 Å². The molecule has 0 aromatic heterocycles. The quantitative estimate of drug-likeness (QED) is 0.456. The number of hydrogen-bond donors (Lipinski definition) is 0. The second-order valence-corrected chi connectivity index (χ2v) is 4.18. The molecule has 3 nitrogen and oxygen atoms in total. The van der Waals surface area contributed by atoms with Gasteiger partial charge in [-0.15, -0.1) is 0 Å². The van der Waals surface area contributed by atoms with Crippen LogP contribution in [0, 0.1) is 0 Å². The van der Waals surface area contributed by atoms with E-state index in [2.05, 4.69) is 16.1 Å². The molecule has 1 rings (SSSR count). The number of rotatable bonds is 3. The molecule has 0 bridgehead atoms. The third-order valence-corrected chi connectivity index (χ3v) is 2.75. The van der Waals surface area contributed by atoms with Crippen LogP contribution in [-0.2, 0) is 14.3 Å². The Bertz CT molecular complexity index is 391. The van der Waals surface area contributed by atoms with Crippen LogP contribution in [0.25, 0.3) is 0 Å². The monoisotopic (exact) mass is 292 g/mol. The summed E-state index contributed by atoms with van der Waals surface area (Å²) in [7, 11) is 0. The number of carbonyl (C=O) groups excluding carboxylic acids is 1. The van der Waals surface area contributed by atoms with E-state index in [4.69, 9.17) is 0 Å². The van der Waals surface area contributed by atoms with Crippen molar-refractivity contribution in [3.63, 3.8) is 0 Å². The Morgan fingerprint density at radius 3 is 2.37 bits per heavy atom. The van der Waals surface area contributed by atoms with E-state index < -0.39 is 48.6 Å². The highest BCUT2D eigenvalue weighted by molar-refractivity contribution is 5.85. The molecule has 2 unspecified atom stereocenters. The summed E-state index contributed by atoms with van der Waals surface area (Å²) >= 11 is 0. The van der Waals surface area contributed by atoms with Gasteiger partial charge in [0.05, 0.1) is 6.10 Å². The van der Waals surface area contributed by atoms with E-state index in [9.17, 15) is 31.1 Å². The zero-order chi connectivity index (χ0) is 15.1. The predicted molar refractivity (Wildman–Crippen MR) is 50.1 cm³/mol. The Kier molecular flexibility index (Phi) is 3.91. The van der Waals surface area contributed by atoms with Crippen LogP contribution in [0.3, 0.4) is 0 Å². The third-order valence-electron chi connectivity index (χ3n) is 2.75. The fourth-order valence-electron chi connectivity index (χ4n) is 1.56. The lowest BCUT2D eigenvalue weighted by molar-refractivity contribution is -0.314. The van der Waals surface area contributed by atoms with E-state index >= 15 is 0 Å². The zero-order valence-corrected chi connectivity index (χ0v) is 9.69. The molecule has 0 amide bonds. The summed E-state index contributed by atoms with van der Waals surface area (Å²) in [6.07, 6.45) is -8.25. The molecular weight excluding hydrogens is 282 g/mol. The maximum Gasteiger partial charge on any atom is 0.423 e. The lowest BCUT2D eigenvalue weighted by Crippen LogP contribution is -2.54. The van der Waals surface area contributed by atoms with E-state index in [0.29, 0.717) is 0 Å². The van der Waals surface area contributed by atoms with Gasteiger partial charge in [0.2, 0.25) is 11.4 Å². The molecule has 0 spiro atoms. The van der Waals surface area contributed by atoms with E-state index in [0.717, 1.165) is 0 Å². The van der Waals surface area contributed by atoms with Gasteiger partial charge in [-0.1, -0.05) is 6.58 Å². The summed E-state index contributed by atoms with van der Waals surface area (Å²) in [5, 5.41) is 0. The Balaban J connectivity index is 2.74. The van der Waals surface area contributed by atoms with Crippen molar-refractivity contribution >= 4 is 5.97 Å². The standard InChI is InChI=1S/C10H10F6O3/c1-5(11)7(17)18-4-6-3-9(12,13)8(2,19-6)10(14,15)16/h6H,1,3-4H2,2H3. The van der Waals surface area contributed by atoms with Crippen LogP contribution in [0.1, 0.15) is 13.3 Å². The first-order valence-corrected chi connectivity index (χ1v) is 5.04. The van der Waals surface area contributed by atoms with Crippen LogP contribution in [0.15, 0.2) is 12.4 Å². The van der Waals surface area contributed by atoms with Crippen molar-refractivity contribution in [1.82, 2.24) is 0 Å². The molecule has 1 aliphatic rings. The summed E-state index contributed by atoms with van der Waals surface area (Å²) in [5.74, 6) is -7.19. The van der Waals surface area contributed by atoms with Crippen molar-refractivity contribution < 1.29 is 40.6 Å². The largest absolute Gasteiger partial charge is 0.458 e. The van der Waals surface area contributed by atoms with E-state index in [1.165, 1.54) is 0 Å². The van der Waals surface area contributed by atoms with Crippen LogP contribution in [-0.4, -0.2) is 36.4 Å². The van der Waals surface area contributed by atoms with Crippen LogP contribution < -0.4 is 0 Å². The minimum atomic E-state index is -5.29. The smallest absolute Gasteiger partial charge is 0.423 e. The van der Waals surface area contributed by atoms with E-state index in [1.54, 1.807) is 0 Å². The van der Waals surface area contributed by atoms with Crippen molar-refractivity contribution in [3.05, 3.63) is 12.4 Å². The highest BCUT2D eigenvalue weighted by atomic mass is 19.4. The number of hydrogen-bond acceptors (Lipinski definition) is 3. The number of halogens is 6. The maximum atomic E-state index is 13.3. The highest BCUT2D eigenvalue weighted by Gasteiger charge is 2.72. The minimum Gasteiger partial charge on any atom is -0.458 e. The van der Waals surface area contributed by atoms with Crippen LogP contribution in [0.2, 0.25) is 0 Å². The predicted octanol–water partition coefficient (Wildman–Crippen LogP) is 2.76. The maximum absolute atomic E-state index is 13.3. The van der Waals surface area contributed by atoms with Gasteiger partial charge in [0.25, 0.3) is 5.92 Å². The van der Waals surface area contributed by atoms with Gasteiger partial charge in [0.15, 0.2) is 0 Å². The van der Waals surface area contributed by atoms with Gasteiger partial charge in [-0.2, -0.15) is 17.6 Å². The molecule has 1 aliphatic heterocycles. The molecular formula is C10H10F6O3. The molecule has 1 heterocycles. The molecule has 110 valence electrons. The number of carbonyl (C=O) groups is 1. The lowest BCUT2D eigenvalue weighted by atomic mass is 9.97. The second kappa shape index (κ2) is 4.69. The summed E-state index contributed by atoms with van der Waals surface area (Å²) in [5.41, 5.74) is -3.66. The summed E-state index contributed by atoms with van der Waals surface area (Å²) in [4.78, 5) is 10.7. The zero-order valence-electron chi connectivity index (χ0n) is 9.69. The second-order valence-electron chi connectivity index (χ2n) is 4.18. The summed E-state index contributed by atoms with van der Waals surface area (Å²) < 4.78 is 85.0. The molecule has 0 saturated carbocycles. The fourth-order valence-corrected chi connectivity index (χ4v) is 1.56. The van der Waals surface area contributed by atoms with E-state index in [-0.39, 0.29) is 6.92 Å². The molecule has 0 N–H and O–H groups in total. The van der Waals surface area contributed by atoms with Gasteiger partial charge in [-0.05, 0) is 6.92 Å². The third kappa shape index (κ3) is 2.85. The molecule has 1 fully saturated rings. The average Bonchev–Trinajstić information content (AvgIpc) is 2.46. The lowest BCUT2D eigenvalue weighted by Gasteiger charge is -2.31. The van der Waals surface area contributed by atoms with Gasteiger partial charge in [-0.25, -0.2) is 13.6 Å². The Hall–Kier alpha value is -1.25. The first-order chi connectivity index (χ1) is 8.41. The Labute approximate surface area is 104 Å². The van der Waals surface area contributed by atoms with Gasteiger partial charge in [0, 0.05) is 6.42 Å². The normalized spacial score (nSPS) is 30.2. The average molecular weight is 292 g/mol. The first kappa shape index (κ1) is 15.8. The van der Waals surface area contributed by atoms with Crippen molar-refractivity contribution in [1.29, 1.82) is 0 Å². The summed E-state index contributed by atoms with van der Waals surface area (Å²) in [6.45, 7) is 1.88. The fraction of sp³-hybridized carbons (Fsp3) is 0.700. The van der Waals surface area contributed by atoms with E-state index in [1.807, 2.05) is 0 Å². The van der Waals surface area contributed by atoms with Crippen molar-refractivity contribution in [2.45, 2.75) is 37.1 Å². The molecule has 0 aromatic rings. The first-order valence-electron chi connectivity index (χ1n) is 5.04. The van der Waals surface area contributed by atoms with Crippen LogP contribution >= 0.6 is 0 Å². The van der Waals surface area contributed by atoms with Crippen LogP contribution in [0.4, 0.5) is 26.3 Å². The molecule has 9 heteroatoms. The van der Waals surface area contributed by atoms with Crippen molar-refractivity contribution in [2.75, 3.05) is 6.61 Å². The molecule has 0 aromatic carbocycles. The summed E-state index contributed by atoms with van der Waals surface area (Å²) in [6, 6.07) is 0. The molecule has 0 aliphatic carbocycles. The van der Waals surface area contributed by atoms with Gasteiger partial charge < -0.3 is 9.47 Å². The number of alkyl halides is 5. The van der Waals surface area contributed by atoms with Gasteiger partial charge in [0.1, 0.15) is 6.61 Å². The molecule has 0 radical (unpaired) electrons. The minimum absolute atomic E-state index is 0.211. The molecule has 2 atom stereocenters. The Morgan fingerprint density at radius 1 is 1.47 bits per heavy atom. The van der Waals surface area contributed by atoms with Gasteiger partial charge in [-0.3, -0.25) is 0 Å².